The predicted molar refractivity (Wildman–Crippen MR) is 107 cm³/mol. The molecule has 1 atom stereocenters. The minimum Gasteiger partial charge on any atom is -0.465 e. The summed E-state index contributed by atoms with van der Waals surface area (Å²) in [7, 11) is 1.18. The molecular weight excluding hydrogens is 374 g/mol. The SMILES string of the molecule is COC(=O)c1cc(C(=O)NC(CN2CCCC2)c2ccccc2)cc([N+](=O)[O-])c1. The Balaban J connectivity index is 1.87. The van der Waals surface area contributed by atoms with Crippen molar-refractivity contribution in [2.24, 2.45) is 0 Å². The highest BCUT2D eigenvalue weighted by Gasteiger charge is 2.23. The van der Waals surface area contributed by atoms with E-state index >= 15 is 0 Å². The van der Waals surface area contributed by atoms with Gasteiger partial charge in [-0.15, -0.1) is 0 Å². The Labute approximate surface area is 168 Å². The Morgan fingerprint density at radius 3 is 2.41 bits per heavy atom. The normalized spacial score (nSPS) is 14.9. The molecule has 1 heterocycles. The highest BCUT2D eigenvalue weighted by atomic mass is 16.6. The highest BCUT2D eigenvalue weighted by molar-refractivity contribution is 5.99. The number of methoxy groups -OCH3 is 1. The van der Waals surface area contributed by atoms with E-state index < -0.39 is 16.8 Å². The molecule has 1 unspecified atom stereocenters. The van der Waals surface area contributed by atoms with E-state index in [0.717, 1.165) is 37.6 Å². The number of esters is 1. The first-order chi connectivity index (χ1) is 14.0. The number of nitro groups is 1. The highest BCUT2D eigenvalue weighted by Crippen LogP contribution is 2.21. The first-order valence-electron chi connectivity index (χ1n) is 9.44. The maximum atomic E-state index is 12.9. The quantitative estimate of drug-likeness (QED) is 0.438. The number of rotatable bonds is 7. The number of non-ortho nitro benzene ring substituents is 1. The first-order valence-corrected chi connectivity index (χ1v) is 9.44. The van der Waals surface area contributed by atoms with E-state index in [9.17, 15) is 19.7 Å². The third-order valence-electron chi connectivity index (χ3n) is 4.96. The number of carbonyl (C=O) groups excluding carboxylic acids is 2. The predicted octanol–water partition coefficient (Wildman–Crippen LogP) is 2.95. The maximum Gasteiger partial charge on any atom is 0.338 e. The van der Waals surface area contributed by atoms with Gasteiger partial charge in [0.05, 0.1) is 23.6 Å². The number of nitrogens with one attached hydrogen (secondary N) is 1. The number of amides is 1. The van der Waals surface area contributed by atoms with E-state index in [1.54, 1.807) is 0 Å². The minimum atomic E-state index is -0.737. The number of nitrogens with zero attached hydrogens (tertiary/aromatic N) is 2. The maximum absolute atomic E-state index is 12.9. The Kier molecular flexibility index (Phi) is 6.56. The van der Waals surface area contributed by atoms with Crippen molar-refractivity contribution >= 4 is 17.6 Å². The van der Waals surface area contributed by atoms with Crippen molar-refractivity contribution in [3.8, 4) is 0 Å². The van der Waals surface area contributed by atoms with E-state index in [0.29, 0.717) is 6.54 Å². The van der Waals surface area contributed by atoms with Gasteiger partial charge >= 0.3 is 5.97 Å². The molecular formula is C21H23N3O5. The molecule has 0 spiro atoms. The molecule has 8 nitrogen and oxygen atoms in total. The number of benzene rings is 2. The standard InChI is InChI=1S/C21H23N3O5/c1-29-21(26)17-11-16(12-18(13-17)24(27)28)20(25)22-19(14-23-9-5-6-10-23)15-7-3-2-4-8-15/h2-4,7-8,11-13,19H,5-6,9-10,14H2,1H3,(H,22,25). The van der Waals surface area contributed by atoms with Crippen LogP contribution in [0.15, 0.2) is 48.5 Å². The van der Waals surface area contributed by atoms with Crippen LogP contribution in [0, 0.1) is 10.1 Å². The monoisotopic (exact) mass is 397 g/mol. The molecule has 152 valence electrons. The van der Waals surface area contributed by atoms with Crippen LogP contribution in [0.3, 0.4) is 0 Å². The molecule has 1 aliphatic heterocycles. The van der Waals surface area contributed by atoms with Crippen molar-refractivity contribution in [2.75, 3.05) is 26.7 Å². The van der Waals surface area contributed by atoms with Crippen LogP contribution >= 0.6 is 0 Å². The second-order valence-electron chi connectivity index (χ2n) is 6.96. The van der Waals surface area contributed by atoms with Gasteiger partial charge in [0.25, 0.3) is 11.6 Å². The second kappa shape index (κ2) is 9.29. The molecule has 3 rings (SSSR count). The van der Waals surface area contributed by atoms with Gasteiger partial charge in [0, 0.05) is 24.2 Å². The van der Waals surface area contributed by atoms with E-state index in [4.69, 9.17) is 0 Å². The van der Waals surface area contributed by atoms with E-state index in [1.807, 2.05) is 30.3 Å². The summed E-state index contributed by atoms with van der Waals surface area (Å²) in [4.78, 5) is 37.7. The fraction of sp³-hybridized carbons (Fsp3) is 0.333. The lowest BCUT2D eigenvalue weighted by Gasteiger charge is -2.25. The van der Waals surface area contributed by atoms with Crippen molar-refractivity contribution in [3.05, 3.63) is 75.3 Å². The lowest BCUT2D eigenvalue weighted by molar-refractivity contribution is -0.384. The third-order valence-corrected chi connectivity index (χ3v) is 4.96. The molecule has 0 radical (unpaired) electrons. The van der Waals surface area contributed by atoms with Crippen molar-refractivity contribution in [2.45, 2.75) is 18.9 Å². The average Bonchev–Trinajstić information content (AvgIpc) is 3.26. The van der Waals surface area contributed by atoms with Crippen LogP contribution in [0.1, 0.15) is 45.2 Å². The summed E-state index contributed by atoms with van der Waals surface area (Å²) in [5.41, 5.74) is 0.616. The summed E-state index contributed by atoms with van der Waals surface area (Å²) in [5, 5.41) is 14.2. The third kappa shape index (κ3) is 5.17. The van der Waals surface area contributed by atoms with E-state index in [1.165, 1.54) is 19.2 Å². The lowest BCUT2D eigenvalue weighted by atomic mass is 10.0. The molecule has 2 aromatic carbocycles. The number of hydrogen-bond acceptors (Lipinski definition) is 6. The first kappa shape index (κ1) is 20.5. The molecule has 29 heavy (non-hydrogen) atoms. The Hall–Kier alpha value is -3.26. The lowest BCUT2D eigenvalue weighted by Crippen LogP contribution is -2.37. The number of likely N-dealkylation sites (tertiary alicyclic amines) is 1. The minimum absolute atomic E-state index is 0.0392. The Morgan fingerprint density at radius 1 is 1.14 bits per heavy atom. The van der Waals surface area contributed by atoms with Crippen LogP contribution in [0.25, 0.3) is 0 Å². The van der Waals surface area contributed by atoms with Crippen molar-refractivity contribution in [3.63, 3.8) is 0 Å². The Morgan fingerprint density at radius 2 is 1.79 bits per heavy atom. The van der Waals surface area contributed by atoms with Gasteiger partial charge in [-0.3, -0.25) is 14.9 Å². The van der Waals surface area contributed by atoms with Crippen LogP contribution in [0.5, 0.6) is 0 Å². The van der Waals surface area contributed by atoms with Crippen molar-refractivity contribution in [1.82, 2.24) is 10.2 Å². The summed E-state index contributed by atoms with van der Waals surface area (Å²) in [6, 6.07) is 12.9. The second-order valence-corrected chi connectivity index (χ2v) is 6.96. The van der Waals surface area contributed by atoms with Gasteiger partial charge < -0.3 is 15.0 Å². The largest absolute Gasteiger partial charge is 0.465 e. The molecule has 1 saturated heterocycles. The molecule has 0 aliphatic carbocycles. The van der Waals surface area contributed by atoms with Gasteiger partial charge in [0.1, 0.15) is 0 Å². The number of nitro benzene ring substituents is 1. The zero-order chi connectivity index (χ0) is 20.8. The van der Waals surface area contributed by atoms with E-state index in [2.05, 4.69) is 15.0 Å². The van der Waals surface area contributed by atoms with Gasteiger partial charge in [-0.2, -0.15) is 0 Å². The average molecular weight is 397 g/mol. The fourth-order valence-electron chi connectivity index (χ4n) is 3.47. The summed E-state index contributed by atoms with van der Waals surface area (Å²) in [6.07, 6.45) is 2.26. The summed E-state index contributed by atoms with van der Waals surface area (Å²) >= 11 is 0. The van der Waals surface area contributed by atoms with Gasteiger partial charge in [-0.1, -0.05) is 30.3 Å². The Bertz CT molecular complexity index is 894. The zero-order valence-corrected chi connectivity index (χ0v) is 16.2. The van der Waals surface area contributed by atoms with Crippen LogP contribution in [-0.4, -0.2) is 48.4 Å². The van der Waals surface area contributed by atoms with Gasteiger partial charge in [0.2, 0.25) is 0 Å². The molecule has 1 aliphatic rings. The summed E-state index contributed by atoms with van der Waals surface area (Å²) in [5.74, 6) is -1.22. The molecule has 0 aromatic heterocycles. The van der Waals surface area contributed by atoms with Crippen LogP contribution in [0.4, 0.5) is 5.69 Å². The number of ether oxygens (including phenoxy) is 1. The molecule has 1 N–H and O–H groups in total. The number of hydrogen-bond donors (Lipinski definition) is 1. The fourth-order valence-corrected chi connectivity index (χ4v) is 3.47. The summed E-state index contributed by atoms with van der Waals surface area (Å²) in [6.45, 7) is 2.60. The van der Waals surface area contributed by atoms with E-state index in [-0.39, 0.29) is 22.9 Å². The zero-order valence-electron chi connectivity index (χ0n) is 16.2. The topological polar surface area (TPSA) is 102 Å². The molecule has 0 bridgehead atoms. The molecule has 8 heteroatoms. The molecule has 1 amide bonds. The van der Waals surface area contributed by atoms with Crippen LogP contribution in [-0.2, 0) is 4.74 Å². The van der Waals surface area contributed by atoms with Crippen LogP contribution in [0.2, 0.25) is 0 Å². The van der Waals surface area contributed by atoms with Gasteiger partial charge in [-0.25, -0.2) is 4.79 Å². The number of carbonyl (C=O) groups is 2. The van der Waals surface area contributed by atoms with Crippen LogP contribution < -0.4 is 5.32 Å². The van der Waals surface area contributed by atoms with Gasteiger partial charge in [-0.05, 0) is 37.6 Å². The molecule has 1 fully saturated rings. The smallest absolute Gasteiger partial charge is 0.338 e. The van der Waals surface area contributed by atoms with Crippen molar-refractivity contribution < 1.29 is 19.2 Å². The molecule has 2 aromatic rings. The molecule has 0 saturated carbocycles. The summed E-state index contributed by atoms with van der Waals surface area (Å²) < 4.78 is 4.64. The van der Waals surface area contributed by atoms with Crippen molar-refractivity contribution in [1.29, 1.82) is 0 Å². The van der Waals surface area contributed by atoms with Gasteiger partial charge in [0.15, 0.2) is 0 Å².